The molecular weight excluding hydrogens is 293 g/mol. The molecule has 1 fully saturated rings. The quantitative estimate of drug-likeness (QED) is 0.930. The Morgan fingerprint density at radius 2 is 2.00 bits per heavy atom. The first-order valence-corrected chi connectivity index (χ1v) is 7.81. The maximum Gasteiger partial charge on any atom is 0.0595 e. The average molecular weight is 316 g/mol. The molecule has 0 amide bonds. The Bertz CT molecular complexity index is 453. The van der Waals surface area contributed by atoms with Gasteiger partial charge in [-0.05, 0) is 57.7 Å². The number of hydrogen-bond acceptors (Lipinski definition) is 3. The van der Waals surface area contributed by atoms with Crippen LogP contribution in [0.5, 0.6) is 0 Å². The topological polar surface area (TPSA) is 32.5 Å². The van der Waals surface area contributed by atoms with Crippen molar-refractivity contribution in [2.45, 2.75) is 24.9 Å². The highest BCUT2D eigenvalue weighted by molar-refractivity contribution is 6.42. The highest BCUT2D eigenvalue weighted by Gasteiger charge is 2.26. The van der Waals surface area contributed by atoms with Gasteiger partial charge in [0.15, 0.2) is 0 Å². The van der Waals surface area contributed by atoms with Crippen molar-refractivity contribution in [2.24, 2.45) is 5.73 Å². The van der Waals surface area contributed by atoms with Gasteiger partial charge in [-0.2, -0.15) is 0 Å². The van der Waals surface area contributed by atoms with Crippen molar-refractivity contribution in [3.05, 3.63) is 33.8 Å². The maximum atomic E-state index is 6.45. The van der Waals surface area contributed by atoms with Crippen LogP contribution in [-0.2, 0) is 6.42 Å². The predicted molar refractivity (Wildman–Crippen MR) is 86.7 cm³/mol. The summed E-state index contributed by atoms with van der Waals surface area (Å²) in [6.07, 6.45) is 2.02. The van der Waals surface area contributed by atoms with Crippen molar-refractivity contribution >= 4 is 23.2 Å². The molecule has 3 nitrogen and oxygen atoms in total. The van der Waals surface area contributed by atoms with E-state index in [4.69, 9.17) is 28.9 Å². The minimum absolute atomic E-state index is 0.0952. The van der Waals surface area contributed by atoms with Crippen LogP contribution in [0.4, 0.5) is 0 Å². The lowest BCUT2D eigenvalue weighted by atomic mass is 9.99. The lowest BCUT2D eigenvalue weighted by molar-refractivity contribution is 0.195. The first kappa shape index (κ1) is 16.1. The minimum Gasteiger partial charge on any atom is -0.326 e. The molecule has 112 valence electrons. The first-order valence-electron chi connectivity index (χ1n) is 7.05. The van der Waals surface area contributed by atoms with Crippen LogP contribution in [0.3, 0.4) is 0 Å². The summed E-state index contributed by atoms with van der Waals surface area (Å²) >= 11 is 12.0. The summed E-state index contributed by atoms with van der Waals surface area (Å²) in [6, 6.07) is 6.24. The van der Waals surface area contributed by atoms with E-state index >= 15 is 0 Å². The zero-order chi connectivity index (χ0) is 14.7. The highest BCUT2D eigenvalue weighted by atomic mass is 35.5. The van der Waals surface area contributed by atoms with Crippen molar-refractivity contribution in [1.29, 1.82) is 0 Å². The van der Waals surface area contributed by atoms with E-state index in [1.165, 1.54) is 6.42 Å². The summed E-state index contributed by atoms with van der Waals surface area (Å²) < 4.78 is 0. The molecule has 0 aromatic heterocycles. The summed E-state index contributed by atoms with van der Waals surface area (Å²) in [6.45, 7) is 3.25. The Hall–Kier alpha value is -0.320. The number of halogens is 2. The van der Waals surface area contributed by atoms with Crippen molar-refractivity contribution in [3.63, 3.8) is 0 Å². The zero-order valence-electron chi connectivity index (χ0n) is 12.1. The molecular formula is C15H23Cl2N3. The van der Waals surface area contributed by atoms with E-state index in [0.29, 0.717) is 16.1 Å². The molecule has 0 aliphatic carbocycles. The van der Waals surface area contributed by atoms with Crippen LogP contribution in [0.15, 0.2) is 18.2 Å². The van der Waals surface area contributed by atoms with E-state index in [2.05, 4.69) is 23.9 Å². The second kappa shape index (κ2) is 7.10. The van der Waals surface area contributed by atoms with Gasteiger partial charge in [0.1, 0.15) is 0 Å². The van der Waals surface area contributed by atoms with Gasteiger partial charge in [0.2, 0.25) is 0 Å². The number of nitrogens with zero attached hydrogens (tertiary/aromatic N) is 2. The van der Waals surface area contributed by atoms with E-state index in [0.717, 1.165) is 31.6 Å². The molecule has 2 atom stereocenters. The molecule has 1 aromatic rings. The molecule has 0 spiro atoms. The number of rotatable bonds is 3. The number of hydrogen-bond donors (Lipinski definition) is 1. The number of likely N-dealkylation sites (N-methyl/N-ethyl adjacent to an activating group) is 2. The van der Waals surface area contributed by atoms with Crippen LogP contribution in [-0.4, -0.2) is 55.6 Å². The molecule has 1 heterocycles. The highest BCUT2D eigenvalue weighted by Crippen LogP contribution is 2.23. The molecule has 1 aromatic carbocycles. The third-order valence-electron chi connectivity index (χ3n) is 4.07. The average Bonchev–Trinajstić information content (AvgIpc) is 2.56. The van der Waals surface area contributed by atoms with Gasteiger partial charge in [0.25, 0.3) is 0 Å². The van der Waals surface area contributed by atoms with E-state index < -0.39 is 0 Å². The van der Waals surface area contributed by atoms with E-state index in [1.54, 1.807) is 0 Å². The number of benzene rings is 1. The third kappa shape index (κ3) is 4.09. The summed E-state index contributed by atoms with van der Waals surface area (Å²) in [5.41, 5.74) is 7.59. The summed E-state index contributed by atoms with van der Waals surface area (Å²) in [5, 5.41) is 1.19. The Labute approximate surface area is 131 Å². The molecule has 5 heteroatoms. The van der Waals surface area contributed by atoms with E-state index in [9.17, 15) is 0 Å². The fourth-order valence-electron chi connectivity index (χ4n) is 2.84. The smallest absolute Gasteiger partial charge is 0.0595 e. The van der Waals surface area contributed by atoms with Gasteiger partial charge in [-0.25, -0.2) is 0 Å². The van der Waals surface area contributed by atoms with Crippen molar-refractivity contribution in [1.82, 2.24) is 9.80 Å². The van der Waals surface area contributed by atoms with Crippen molar-refractivity contribution < 1.29 is 0 Å². The van der Waals surface area contributed by atoms with Crippen LogP contribution < -0.4 is 5.73 Å². The lowest BCUT2D eigenvalue weighted by Crippen LogP contribution is -2.51. The molecule has 0 saturated carbocycles. The van der Waals surface area contributed by atoms with Crippen LogP contribution >= 0.6 is 23.2 Å². The number of nitrogens with two attached hydrogens (primary N) is 1. The third-order valence-corrected chi connectivity index (χ3v) is 4.80. The second-order valence-electron chi connectivity index (χ2n) is 5.78. The molecule has 1 saturated heterocycles. The van der Waals surface area contributed by atoms with Gasteiger partial charge < -0.3 is 15.5 Å². The minimum atomic E-state index is 0.0952. The molecule has 2 rings (SSSR count). The standard InChI is InChI=1S/C15H23Cl2N3/c1-19-6-3-7-20(2)15(10-19)14(18)9-11-4-5-12(16)13(17)8-11/h4-5,8,14-15H,3,6-7,9-10,18H2,1-2H3. The Kier molecular flexibility index (Phi) is 5.70. The predicted octanol–water partition coefficient (Wildman–Crippen LogP) is 2.50. The lowest BCUT2D eigenvalue weighted by Gasteiger charge is -2.32. The molecule has 20 heavy (non-hydrogen) atoms. The fraction of sp³-hybridized carbons (Fsp3) is 0.600. The molecule has 2 unspecified atom stereocenters. The largest absolute Gasteiger partial charge is 0.326 e. The molecule has 1 aliphatic rings. The van der Waals surface area contributed by atoms with Crippen LogP contribution in [0.2, 0.25) is 10.0 Å². The summed E-state index contributed by atoms with van der Waals surface area (Å²) in [7, 11) is 4.33. The second-order valence-corrected chi connectivity index (χ2v) is 6.59. The maximum absolute atomic E-state index is 6.45. The van der Waals surface area contributed by atoms with Gasteiger partial charge in [0, 0.05) is 18.6 Å². The van der Waals surface area contributed by atoms with Crippen LogP contribution in [0, 0.1) is 0 Å². The van der Waals surface area contributed by atoms with Crippen LogP contribution in [0.25, 0.3) is 0 Å². The van der Waals surface area contributed by atoms with Gasteiger partial charge >= 0.3 is 0 Å². The van der Waals surface area contributed by atoms with Gasteiger partial charge in [-0.15, -0.1) is 0 Å². The van der Waals surface area contributed by atoms with Crippen molar-refractivity contribution in [3.8, 4) is 0 Å². The fourth-order valence-corrected chi connectivity index (χ4v) is 3.16. The molecule has 0 radical (unpaired) electrons. The summed E-state index contributed by atoms with van der Waals surface area (Å²) in [5.74, 6) is 0. The SMILES string of the molecule is CN1CCCN(C)C(C(N)Cc2ccc(Cl)c(Cl)c2)C1. The monoisotopic (exact) mass is 315 g/mol. The normalized spacial score (nSPS) is 23.6. The Morgan fingerprint density at radius 1 is 1.25 bits per heavy atom. The molecule has 0 bridgehead atoms. The van der Waals surface area contributed by atoms with Crippen LogP contribution in [0.1, 0.15) is 12.0 Å². The van der Waals surface area contributed by atoms with Gasteiger partial charge in [-0.1, -0.05) is 29.3 Å². The summed E-state index contributed by atoms with van der Waals surface area (Å²) in [4.78, 5) is 4.74. The van der Waals surface area contributed by atoms with Gasteiger partial charge in [-0.3, -0.25) is 0 Å². The first-order chi connectivity index (χ1) is 9.47. The Balaban J connectivity index is 2.05. The van der Waals surface area contributed by atoms with E-state index in [-0.39, 0.29) is 6.04 Å². The van der Waals surface area contributed by atoms with Crippen molar-refractivity contribution in [2.75, 3.05) is 33.7 Å². The van der Waals surface area contributed by atoms with Gasteiger partial charge in [0.05, 0.1) is 10.0 Å². The van der Waals surface area contributed by atoms with E-state index in [1.807, 2.05) is 18.2 Å². The molecule has 1 aliphatic heterocycles. The zero-order valence-corrected chi connectivity index (χ0v) is 13.7. The molecule has 2 N–H and O–H groups in total. The Morgan fingerprint density at radius 3 is 2.70 bits per heavy atom.